The van der Waals surface area contributed by atoms with Crippen LogP contribution in [0.25, 0.3) is 0 Å². The van der Waals surface area contributed by atoms with Gasteiger partial charge in [-0.15, -0.1) is 0 Å². The molecular formula is C28H29BrCl2N2O3. The van der Waals surface area contributed by atoms with Crippen molar-refractivity contribution >= 4 is 50.9 Å². The van der Waals surface area contributed by atoms with Gasteiger partial charge in [-0.05, 0) is 57.2 Å². The molecule has 0 aromatic heterocycles. The van der Waals surface area contributed by atoms with Crippen LogP contribution in [-0.2, 0) is 22.6 Å². The Hall–Kier alpha value is -2.54. The molecule has 0 spiro atoms. The van der Waals surface area contributed by atoms with Gasteiger partial charge >= 0.3 is 0 Å². The lowest BCUT2D eigenvalue weighted by molar-refractivity contribution is -0.142. The topological polar surface area (TPSA) is 58.6 Å². The number of amides is 2. The summed E-state index contributed by atoms with van der Waals surface area (Å²) in [6.07, 6.45) is 0.353. The van der Waals surface area contributed by atoms with Crippen LogP contribution in [0.4, 0.5) is 0 Å². The van der Waals surface area contributed by atoms with Crippen LogP contribution in [0.15, 0.2) is 77.3 Å². The van der Waals surface area contributed by atoms with E-state index in [1.54, 1.807) is 29.2 Å². The molecule has 3 rings (SSSR count). The van der Waals surface area contributed by atoms with Gasteiger partial charge in [0.15, 0.2) is 6.61 Å². The lowest BCUT2D eigenvalue weighted by Crippen LogP contribution is -2.52. The van der Waals surface area contributed by atoms with E-state index in [4.69, 9.17) is 27.9 Å². The average Bonchev–Trinajstić information content (AvgIpc) is 2.85. The molecule has 0 aliphatic rings. The van der Waals surface area contributed by atoms with Crippen molar-refractivity contribution in [3.05, 3.63) is 98.4 Å². The van der Waals surface area contributed by atoms with Gasteiger partial charge in [0.2, 0.25) is 5.91 Å². The molecule has 0 heterocycles. The van der Waals surface area contributed by atoms with Gasteiger partial charge < -0.3 is 15.0 Å². The number of nitrogens with zero attached hydrogens (tertiary/aromatic N) is 1. The predicted octanol–water partition coefficient (Wildman–Crippen LogP) is 6.55. The number of hydrogen-bond acceptors (Lipinski definition) is 3. The van der Waals surface area contributed by atoms with Crippen molar-refractivity contribution in [1.82, 2.24) is 10.2 Å². The van der Waals surface area contributed by atoms with Gasteiger partial charge in [-0.2, -0.15) is 0 Å². The Kier molecular flexibility index (Phi) is 10.7. The van der Waals surface area contributed by atoms with Crippen molar-refractivity contribution in [3.8, 4) is 5.75 Å². The van der Waals surface area contributed by atoms with E-state index in [-0.39, 0.29) is 30.9 Å². The maximum Gasteiger partial charge on any atom is 0.261 e. The Bertz CT molecular complexity index is 1170. The number of ether oxygens (including phenoxy) is 1. The number of carbonyl (C=O) groups excluding carboxylic acids is 2. The Morgan fingerprint density at radius 2 is 1.69 bits per heavy atom. The van der Waals surface area contributed by atoms with Crippen LogP contribution in [0.2, 0.25) is 10.0 Å². The maximum absolute atomic E-state index is 13.6. The molecular weight excluding hydrogens is 563 g/mol. The molecule has 1 N–H and O–H groups in total. The summed E-state index contributed by atoms with van der Waals surface area (Å²) in [7, 11) is 0. The highest BCUT2D eigenvalue weighted by Gasteiger charge is 2.31. The fourth-order valence-corrected chi connectivity index (χ4v) is 4.59. The molecule has 36 heavy (non-hydrogen) atoms. The largest absolute Gasteiger partial charge is 0.483 e. The second-order valence-electron chi connectivity index (χ2n) is 8.82. The minimum Gasteiger partial charge on any atom is -0.483 e. The number of rotatable bonds is 11. The molecule has 0 saturated heterocycles. The van der Waals surface area contributed by atoms with Crippen LogP contribution in [0.3, 0.4) is 0 Å². The second kappa shape index (κ2) is 13.7. The summed E-state index contributed by atoms with van der Waals surface area (Å²) >= 11 is 15.9. The lowest BCUT2D eigenvalue weighted by Gasteiger charge is -2.32. The molecule has 2 amide bonds. The van der Waals surface area contributed by atoms with Crippen molar-refractivity contribution < 1.29 is 14.3 Å². The zero-order valence-corrected chi connectivity index (χ0v) is 23.3. The van der Waals surface area contributed by atoms with E-state index >= 15 is 0 Å². The van der Waals surface area contributed by atoms with Gasteiger partial charge in [-0.25, -0.2) is 0 Å². The number of carbonyl (C=O) groups is 2. The summed E-state index contributed by atoms with van der Waals surface area (Å²) < 4.78 is 6.45. The van der Waals surface area contributed by atoms with E-state index in [1.807, 2.05) is 62.4 Å². The average molecular weight is 592 g/mol. The molecule has 0 radical (unpaired) electrons. The Labute approximate surface area is 230 Å². The summed E-state index contributed by atoms with van der Waals surface area (Å²) in [5.74, 6) is 0.192. The Balaban J connectivity index is 1.92. The van der Waals surface area contributed by atoms with Crippen molar-refractivity contribution in [2.24, 2.45) is 5.92 Å². The first-order valence-corrected chi connectivity index (χ1v) is 13.2. The highest BCUT2D eigenvalue weighted by Crippen LogP contribution is 2.28. The van der Waals surface area contributed by atoms with Gasteiger partial charge in [-0.1, -0.05) is 85.6 Å². The monoisotopic (exact) mass is 590 g/mol. The van der Waals surface area contributed by atoms with Crippen molar-refractivity contribution in [2.45, 2.75) is 32.9 Å². The summed E-state index contributed by atoms with van der Waals surface area (Å²) in [4.78, 5) is 28.6. The Morgan fingerprint density at radius 3 is 2.36 bits per heavy atom. The zero-order valence-electron chi connectivity index (χ0n) is 20.2. The van der Waals surface area contributed by atoms with E-state index in [9.17, 15) is 9.59 Å². The fraction of sp³-hybridized carbons (Fsp3) is 0.286. The highest BCUT2D eigenvalue weighted by molar-refractivity contribution is 9.10. The predicted molar refractivity (Wildman–Crippen MR) is 148 cm³/mol. The minimum atomic E-state index is -0.757. The third-order valence-electron chi connectivity index (χ3n) is 5.50. The SMILES string of the molecule is CC(C)CNC(=O)[C@@H](Cc1ccccc1)N(Cc1ccccc1Cl)C(=O)COc1ccc(Cl)cc1Br. The van der Waals surface area contributed by atoms with E-state index in [1.165, 1.54) is 0 Å². The summed E-state index contributed by atoms with van der Waals surface area (Å²) in [6, 6.07) is 21.3. The fourth-order valence-electron chi connectivity index (χ4n) is 3.60. The van der Waals surface area contributed by atoms with Crippen molar-refractivity contribution in [3.63, 3.8) is 0 Å². The molecule has 0 bridgehead atoms. The number of nitrogens with one attached hydrogen (secondary N) is 1. The molecule has 190 valence electrons. The van der Waals surface area contributed by atoms with Gasteiger partial charge in [0.25, 0.3) is 5.91 Å². The number of hydrogen-bond donors (Lipinski definition) is 1. The first kappa shape index (κ1) is 28.0. The third kappa shape index (κ3) is 8.26. The van der Waals surface area contributed by atoms with E-state index in [2.05, 4.69) is 21.2 Å². The van der Waals surface area contributed by atoms with Crippen LogP contribution in [-0.4, -0.2) is 35.9 Å². The molecule has 1 atom stereocenters. The molecule has 5 nitrogen and oxygen atoms in total. The highest BCUT2D eigenvalue weighted by atomic mass is 79.9. The minimum absolute atomic E-state index is 0.163. The van der Waals surface area contributed by atoms with Crippen LogP contribution >= 0.6 is 39.1 Å². The van der Waals surface area contributed by atoms with E-state index < -0.39 is 6.04 Å². The zero-order chi connectivity index (χ0) is 26.1. The molecule has 8 heteroatoms. The third-order valence-corrected chi connectivity index (χ3v) is 6.72. The van der Waals surface area contributed by atoms with Gasteiger partial charge in [-0.3, -0.25) is 9.59 Å². The molecule has 0 unspecified atom stereocenters. The summed E-state index contributed by atoms with van der Waals surface area (Å²) in [5.41, 5.74) is 1.69. The molecule has 0 saturated carbocycles. The number of halogens is 3. The summed E-state index contributed by atoms with van der Waals surface area (Å²) in [6.45, 7) is 4.46. The normalized spacial score (nSPS) is 11.7. The van der Waals surface area contributed by atoms with Crippen LogP contribution < -0.4 is 10.1 Å². The number of benzene rings is 3. The first-order valence-electron chi connectivity index (χ1n) is 11.7. The summed E-state index contributed by atoms with van der Waals surface area (Å²) in [5, 5.41) is 4.07. The molecule has 3 aromatic rings. The van der Waals surface area contributed by atoms with Crippen molar-refractivity contribution in [2.75, 3.05) is 13.2 Å². The van der Waals surface area contributed by atoms with Crippen LogP contribution in [0.1, 0.15) is 25.0 Å². The standard InChI is InChI=1S/C28H29BrCl2N2O3/c1-19(2)16-32-28(35)25(14-20-8-4-3-5-9-20)33(17-21-10-6-7-11-24(21)31)27(34)18-36-26-13-12-22(30)15-23(26)29/h3-13,15,19,25H,14,16-18H2,1-2H3,(H,32,35)/t25-/m1/s1. The van der Waals surface area contributed by atoms with E-state index in [0.29, 0.717) is 33.2 Å². The molecule has 0 fully saturated rings. The van der Waals surface area contributed by atoms with Crippen LogP contribution in [0.5, 0.6) is 5.75 Å². The van der Waals surface area contributed by atoms with Crippen molar-refractivity contribution in [1.29, 1.82) is 0 Å². The molecule has 0 aliphatic heterocycles. The van der Waals surface area contributed by atoms with E-state index in [0.717, 1.165) is 11.1 Å². The van der Waals surface area contributed by atoms with Gasteiger partial charge in [0, 0.05) is 29.6 Å². The van der Waals surface area contributed by atoms with Gasteiger partial charge in [0.1, 0.15) is 11.8 Å². The Morgan fingerprint density at radius 1 is 1.00 bits per heavy atom. The molecule has 3 aromatic carbocycles. The van der Waals surface area contributed by atoms with Crippen LogP contribution in [0, 0.1) is 5.92 Å². The molecule has 0 aliphatic carbocycles. The first-order chi connectivity index (χ1) is 17.2. The second-order valence-corrected chi connectivity index (χ2v) is 10.5. The lowest BCUT2D eigenvalue weighted by atomic mass is 10.0. The van der Waals surface area contributed by atoms with Gasteiger partial charge in [0.05, 0.1) is 4.47 Å². The smallest absolute Gasteiger partial charge is 0.261 e. The quantitative estimate of drug-likeness (QED) is 0.275. The maximum atomic E-state index is 13.6.